The summed E-state index contributed by atoms with van der Waals surface area (Å²) >= 11 is 5.80. The fourth-order valence-corrected chi connectivity index (χ4v) is 3.20. The molecule has 4 aromatic rings. The molecule has 0 unspecified atom stereocenters. The van der Waals surface area contributed by atoms with Gasteiger partial charge in [0.15, 0.2) is 5.67 Å². The maximum atomic E-state index is 13.7. The Balaban J connectivity index is 0.000000181. The highest BCUT2D eigenvalue weighted by Gasteiger charge is 2.31. The molecule has 0 saturated carbocycles. The molecule has 0 atom stereocenters. The second kappa shape index (κ2) is 7.86. The van der Waals surface area contributed by atoms with Crippen LogP contribution in [0.15, 0.2) is 41.2 Å². The molecule has 5 heterocycles. The zero-order chi connectivity index (χ0) is 21.3. The highest BCUT2D eigenvalue weighted by Crippen LogP contribution is 2.24. The van der Waals surface area contributed by atoms with Crippen LogP contribution in [0.25, 0.3) is 5.52 Å². The first-order chi connectivity index (χ1) is 14.3. The lowest BCUT2D eigenvalue weighted by molar-refractivity contribution is 0.0681. The van der Waals surface area contributed by atoms with Gasteiger partial charge in [-0.25, -0.2) is 13.9 Å². The van der Waals surface area contributed by atoms with Crippen LogP contribution in [0.2, 0.25) is 5.15 Å². The topological polar surface area (TPSA) is 105 Å². The van der Waals surface area contributed by atoms with Gasteiger partial charge in [-0.05, 0) is 32.0 Å². The number of carbonyl (C=O) groups is 1. The van der Waals surface area contributed by atoms with E-state index in [4.69, 9.17) is 16.0 Å². The summed E-state index contributed by atoms with van der Waals surface area (Å²) in [6.45, 7) is 3.53. The molecule has 4 aromatic heterocycles. The van der Waals surface area contributed by atoms with Crippen molar-refractivity contribution in [1.29, 1.82) is 0 Å². The number of amides is 1. The van der Waals surface area contributed by atoms with Crippen LogP contribution in [0.1, 0.15) is 41.8 Å². The number of imidazole rings is 1. The summed E-state index contributed by atoms with van der Waals surface area (Å²) in [5.74, 6) is -0.776. The van der Waals surface area contributed by atoms with E-state index in [1.54, 1.807) is 21.9 Å². The first-order valence-corrected chi connectivity index (χ1v) is 9.62. The number of hydrogen-bond donors (Lipinski definition) is 1. The van der Waals surface area contributed by atoms with Crippen LogP contribution in [0.3, 0.4) is 0 Å². The van der Waals surface area contributed by atoms with Gasteiger partial charge in [-0.3, -0.25) is 4.79 Å². The third-order valence-corrected chi connectivity index (χ3v) is 4.84. The molecule has 0 spiro atoms. The van der Waals surface area contributed by atoms with Crippen LogP contribution in [0, 0.1) is 0 Å². The number of pyridine rings is 1. The van der Waals surface area contributed by atoms with E-state index in [2.05, 4.69) is 25.3 Å². The number of H-pyrrole nitrogens is 1. The van der Waals surface area contributed by atoms with Gasteiger partial charge in [0, 0.05) is 13.0 Å². The van der Waals surface area contributed by atoms with Crippen molar-refractivity contribution < 1.29 is 13.6 Å². The normalized spacial score (nSPS) is 13.7. The number of carbonyl (C=O) groups excluding carboxylic acids is 1. The Morgan fingerprint density at radius 1 is 1.30 bits per heavy atom. The van der Waals surface area contributed by atoms with Gasteiger partial charge in [-0.1, -0.05) is 17.7 Å². The third-order valence-electron chi connectivity index (χ3n) is 4.55. The Morgan fingerprint density at radius 2 is 2.13 bits per heavy atom. The van der Waals surface area contributed by atoms with Gasteiger partial charge >= 0.3 is 11.8 Å². The Kier molecular flexibility index (Phi) is 5.25. The molecule has 11 heteroatoms. The van der Waals surface area contributed by atoms with Crippen LogP contribution >= 0.6 is 11.6 Å². The highest BCUT2D eigenvalue weighted by molar-refractivity contribution is 6.29. The molecule has 0 fully saturated rings. The van der Waals surface area contributed by atoms with Crippen LogP contribution in [-0.2, 0) is 18.6 Å². The van der Waals surface area contributed by atoms with E-state index in [1.165, 1.54) is 13.8 Å². The molecule has 5 rings (SSSR count). The average Bonchev–Trinajstić information content (AvgIpc) is 3.46. The monoisotopic (exact) mass is 431 g/mol. The molecule has 1 aliphatic rings. The minimum absolute atomic E-state index is 0.186. The van der Waals surface area contributed by atoms with Crippen LogP contribution in [-0.4, -0.2) is 47.1 Å². The van der Waals surface area contributed by atoms with Crippen LogP contribution in [0.5, 0.6) is 0 Å². The van der Waals surface area contributed by atoms with Gasteiger partial charge in [0.2, 0.25) is 0 Å². The van der Waals surface area contributed by atoms with E-state index in [-0.39, 0.29) is 11.8 Å². The Labute approximate surface area is 175 Å². The lowest BCUT2D eigenvalue weighted by Crippen LogP contribution is -2.36. The first kappa shape index (κ1) is 20.0. The van der Waals surface area contributed by atoms with Gasteiger partial charge in [0.1, 0.15) is 5.15 Å². The predicted molar refractivity (Wildman–Crippen MR) is 106 cm³/mol. The van der Waals surface area contributed by atoms with E-state index in [1.807, 2.05) is 24.3 Å². The Bertz CT molecular complexity index is 1180. The molecule has 0 saturated heterocycles. The summed E-state index contributed by atoms with van der Waals surface area (Å²) in [7, 11) is 0. The first-order valence-electron chi connectivity index (χ1n) is 9.24. The van der Waals surface area contributed by atoms with Crippen molar-refractivity contribution in [2.45, 2.75) is 32.5 Å². The highest BCUT2D eigenvalue weighted by atomic mass is 35.5. The number of aromatic nitrogens is 6. The van der Waals surface area contributed by atoms with Crippen LogP contribution in [0.4, 0.5) is 4.39 Å². The minimum atomic E-state index is -1.76. The zero-order valence-electron chi connectivity index (χ0n) is 16.3. The molecular formula is C19H19ClFN7O2. The second-order valence-corrected chi connectivity index (χ2v) is 7.59. The molecule has 0 aromatic carbocycles. The third kappa shape index (κ3) is 4.04. The summed E-state index contributed by atoms with van der Waals surface area (Å²) in [6, 6.07) is 7.58. The lowest BCUT2D eigenvalue weighted by atomic mass is 10.1. The number of hydrogen-bond acceptors (Lipinski definition) is 6. The van der Waals surface area contributed by atoms with Crippen molar-refractivity contribution in [1.82, 2.24) is 34.7 Å². The fourth-order valence-electron chi connectivity index (χ4n) is 2.99. The Hall–Kier alpha value is -3.27. The summed E-state index contributed by atoms with van der Waals surface area (Å²) in [5.41, 5.74) is 1.12. The smallest absolute Gasteiger partial charge is 0.311 e. The SMILES string of the molecule is CC(C)(F)c1nnc(C(=O)N2CCc3nc[nH]c3C2)o1.Clc1cccc2ccnn12. The van der Waals surface area contributed by atoms with Gasteiger partial charge in [-0.2, -0.15) is 5.10 Å². The van der Waals surface area contributed by atoms with Crippen molar-refractivity contribution in [3.8, 4) is 0 Å². The summed E-state index contributed by atoms with van der Waals surface area (Å²) < 4.78 is 20.5. The number of rotatable bonds is 2. The molecule has 156 valence electrons. The largest absolute Gasteiger partial charge is 0.413 e. The molecule has 1 N–H and O–H groups in total. The number of nitrogens with one attached hydrogen (secondary N) is 1. The van der Waals surface area contributed by atoms with E-state index in [0.29, 0.717) is 24.7 Å². The fraction of sp³-hybridized carbons (Fsp3) is 0.316. The number of alkyl halides is 1. The second-order valence-electron chi connectivity index (χ2n) is 7.21. The number of halogens is 2. The molecule has 1 amide bonds. The van der Waals surface area contributed by atoms with Crippen molar-refractivity contribution >= 4 is 23.0 Å². The maximum absolute atomic E-state index is 13.7. The Morgan fingerprint density at radius 3 is 2.87 bits per heavy atom. The standard InChI is InChI=1S/C12H14FN5O2.C7H5ClN2/c1-12(2,13)11-17-16-9(20-11)10(19)18-4-3-7-8(5-18)15-6-14-7;8-7-3-1-2-6-4-5-9-10(6)7/h6H,3-5H2,1-2H3,(H,14,15);1-5H. The van der Waals surface area contributed by atoms with Gasteiger partial charge < -0.3 is 14.3 Å². The molecule has 0 radical (unpaired) electrons. The van der Waals surface area contributed by atoms with Gasteiger partial charge in [0.25, 0.3) is 5.89 Å². The molecule has 0 aliphatic carbocycles. The lowest BCUT2D eigenvalue weighted by Gasteiger charge is -2.24. The van der Waals surface area contributed by atoms with Gasteiger partial charge in [0.05, 0.1) is 36.0 Å². The summed E-state index contributed by atoms with van der Waals surface area (Å²) in [6.07, 6.45) is 4.00. The average molecular weight is 432 g/mol. The zero-order valence-corrected chi connectivity index (χ0v) is 17.1. The summed E-state index contributed by atoms with van der Waals surface area (Å²) in [5, 5.41) is 11.9. The number of nitrogens with zero attached hydrogens (tertiary/aromatic N) is 6. The van der Waals surface area contributed by atoms with Crippen molar-refractivity contribution in [2.75, 3.05) is 6.54 Å². The van der Waals surface area contributed by atoms with E-state index < -0.39 is 11.6 Å². The molecule has 1 aliphatic heterocycles. The van der Waals surface area contributed by atoms with Crippen LogP contribution < -0.4 is 0 Å². The molecule has 9 nitrogen and oxygen atoms in total. The van der Waals surface area contributed by atoms with E-state index >= 15 is 0 Å². The van der Waals surface area contributed by atoms with Crippen molar-refractivity contribution in [3.05, 3.63) is 65.1 Å². The van der Waals surface area contributed by atoms with Crippen molar-refractivity contribution in [2.24, 2.45) is 0 Å². The molecular weight excluding hydrogens is 413 g/mol. The molecule has 0 bridgehead atoms. The van der Waals surface area contributed by atoms with Gasteiger partial charge in [-0.15, -0.1) is 10.2 Å². The number of fused-ring (bicyclic) bond motifs is 2. The predicted octanol–water partition coefficient (Wildman–Crippen LogP) is 3.18. The maximum Gasteiger partial charge on any atom is 0.311 e. The van der Waals surface area contributed by atoms with E-state index in [0.717, 1.165) is 16.9 Å². The molecule has 30 heavy (non-hydrogen) atoms. The van der Waals surface area contributed by atoms with E-state index in [9.17, 15) is 9.18 Å². The quantitative estimate of drug-likeness (QED) is 0.489. The minimum Gasteiger partial charge on any atom is -0.413 e. The number of aromatic amines is 1. The van der Waals surface area contributed by atoms with Crippen molar-refractivity contribution in [3.63, 3.8) is 0 Å². The summed E-state index contributed by atoms with van der Waals surface area (Å²) in [4.78, 5) is 21.0.